The van der Waals surface area contributed by atoms with Gasteiger partial charge in [0, 0.05) is 57.2 Å². The Morgan fingerprint density at radius 2 is 1.85 bits per heavy atom. The Bertz CT molecular complexity index is 1600. The van der Waals surface area contributed by atoms with E-state index in [0.29, 0.717) is 10.9 Å². The quantitative estimate of drug-likeness (QED) is 0.306. The highest BCUT2D eigenvalue weighted by Gasteiger charge is 2.27. The molecule has 6 nitrogen and oxygen atoms in total. The lowest BCUT2D eigenvalue weighted by Crippen LogP contribution is -2.27. The Labute approximate surface area is 240 Å². The molecule has 3 aliphatic heterocycles. The Morgan fingerprint density at radius 1 is 1.02 bits per heavy atom. The Morgan fingerprint density at radius 3 is 2.62 bits per heavy atom. The molecular formula is C33H35N5OS. The van der Waals surface area contributed by atoms with Crippen LogP contribution in [0.1, 0.15) is 63.0 Å². The van der Waals surface area contributed by atoms with E-state index in [1.165, 1.54) is 21.6 Å². The fourth-order valence-electron chi connectivity index (χ4n) is 5.40. The fraction of sp³-hybridized carbons (Fsp3) is 0.303. The first-order valence-electron chi connectivity index (χ1n) is 13.8. The molecule has 1 aromatic carbocycles. The third-order valence-electron chi connectivity index (χ3n) is 7.58. The highest BCUT2D eigenvalue weighted by atomic mass is 32.2. The van der Waals surface area contributed by atoms with Gasteiger partial charge in [-0.3, -0.25) is 14.8 Å². The van der Waals surface area contributed by atoms with Gasteiger partial charge >= 0.3 is 0 Å². The molecule has 204 valence electrons. The summed E-state index contributed by atoms with van der Waals surface area (Å²) >= 11 is 1.94. The van der Waals surface area contributed by atoms with Crippen LogP contribution in [-0.4, -0.2) is 21.9 Å². The minimum Gasteiger partial charge on any atom is -0.379 e. The molecule has 3 aliphatic rings. The summed E-state index contributed by atoms with van der Waals surface area (Å²) < 4.78 is 0. The van der Waals surface area contributed by atoms with Crippen molar-refractivity contribution in [3.8, 4) is 11.1 Å². The third-order valence-corrected chi connectivity index (χ3v) is 8.84. The van der Waals surface area contributed by atoms with Gasteiger partial charge < -0.3 is 16.0 Å². The van der Waals surface area contributed by atoms with Gasteiger partial charge in [-0.25, -0.2) is 0 Å². The van der Waals surface area contributed by atoms with E-state index in [-0.39, 0.29) is 11.9 Å². The minimum absolute atomic E-state index is 0.0357. The number of hydrogen-bond donors (Lipinski definition) is 3. The predicted octanol–water partition coefficient (Wildman–Crippen LogP) is 7.96. The first-order valence-corrected chi connectivity index (χ1v) is 14.7. The maximum atomic E-state index is 12.5. The zero-order valence-electron chi connectivity index (χ0n) is 23.6. The number of pyridine rings is 2. The van der Waals surface area contributed by atoms with Gasteiger partial charge in [-0.2, -0.15) is 0 Å². The summed E-state index contributed by atoms with van der Waals surface area (Å²) in [7, 11) is 0. The second-order valence-corrected chi connectivity index (χ2v) is 13.2. The number of nitrogens with one attached hydrogen (secondary N) is 3. The zero-order valence-corrected chi connectivity index (χ0v) is 24.4. The molecule has 6 rings (SSSR count). The van der Waals surface area contributed by atoms with Crippen LogP contribution in [0.2, 0.25) is 0 Å². The number of carbonyl (C=O) groups is 1. The molecule has 3 N–H and O–H groups in total. The molecule has 0 saturated heterocycles. The van der Waals surface area contributed by atoms with E-state index in [1.807, 2.05) is 57.2 Å². The van der Waals surface area contributed by atoms with Crippen LogP contribution < -0.4 is 16.0 Å². The number of allylic oxidation sites excluding steroid dienone is 4. The van der Waals surface area contributed by atoms with E-state index in [4.69, 9.17) is 0 Å². The van der Waals surface area contributed by atoms with E-state index in [0.717, 1.165) is 46.6 Å². The first-order chi connectivity index (χ1) is 19.2. The lowest BCUT2D eigenvalue weighted by Gasteiger charge is -2.29. The van der Waals surface area contributed by atoms with E-state index in [9.17, 15) is 4.79 Å². The van der Waals surface area contributed by atoms with Crippen molar-refractivity contribution in [3.05, 3.63) is 94.6 Å². The Hall–Kier alpha value is -3.84. The summed E-state index contributed by atoms with van der Waals surface area (Å²) in [4.78, 5) is 23.0. The summed E-state index contributed by atoms with van der Waals surface area (Å²) in [5, 5.41) is 10.8. The Balaban J connectivity index is 1.30. The van der Waals surface area contributed by atoms with Crippen LogP contribution in [0.15, 0.2) is 77.9 Å². The number of amides is 1. The summed E-state index contributed by atoms with van der Waals surface area (Å²) in [5.41, 5.74) is 10.5. The Kier molecular flexibility index (Phi) is 6.78. The number of anilines is 3. The lowest BCUT2D eigenvalue weighted by atomic mass is 9.89. The fourth-order valence-corrected chi connectivity index (χ4v) is 6.56. The smallest absolute Gasteiger partial charge is 0.229 e. The molecule has 2 unspecified atom stereocenters. The number of thioether (sulfide) groups is 1. The van der Waals surface area contributed by atoms with Gasteiger partial charge in [0.1, 0.15) is 0 Å². The van der Waals surface area contributed by atoms with Crippen molar-refractivity contribution in [3.63, 3.8) is 0 Å². The molecule has 1 amide bonds. The molecule has 7 heteroatoms. The zero-order chi connectivity index (χ0) is 28.0. The summed E-state index contributed by atoms with van der Waals surface area (Å²) in [6.07, 6.45) is 16.4. The van der Waals surface area contributed by atoms with Gasteiger partial charge in [0.25, 0.3) is 0 Å². The topological polar surface area (TPSA) is 78.9 Å². The molecule has 0 radical (unpaired) electrons. The van der Waals surface area contributed by atoms with Gasteiger partial charge in [0.15, 0.2) is 0 Å². The number of aromatic nitrogens is 2. The average molecular weight is 550 g/mol. The normalized spacial score (nSPS) is 19.8. The molecule has 0 bridgehead atoms. The van der Waals surface area contributed by atoms with E-state index in [1.54, 1.807) is 6.20 Å². The minimum atomic E-state index is -0.481. The van der Waals surface area contributed by atoms with E-state index in [2.05, 4.69) is 76.2 Å². The molecule has 3 aromatic rings. The van der Waals surface area contributed by atoms with Crippen LogP contribution in [0.5, 0.6) is 0 Å². The summed E-state index contributed by atoms with van der Waals surface area (Å²) in [6, 6.07) is 8.64. The number of benzene rings is 1. The highest BCUT2D eigenvalue weighted by molar-refractivity contribution is 8.03. The van der Waals surface area contributed by atoms with Crippen molar-refractivity contribution in [2.45, 2.75) is 58.8 Å². The second kappa shape index (κ2) is 10.3. The van der Waals surface area contributed by atoms with Gasteiger partial charge in [-0.1, -0.05) is 45.1 Å². The number of nitrogens with zero attached hydrogens (tertiary/aromatic N) is 2. The lowest BCUT2D eigenvalue weighted by molar-refractivity contribution is -0.123. The molecular weight excluding hydrogens is 514 g/mol. The highest BCUT2D eigenvalue weighted by Crippen LogP contribution is 2.47. The van der Waals surface area contributed by atoms with Crippen molar-refractivity contribution in [2.24, 2.45) is 5.41 Å². The van der Waals surface area contributed by atoms with Crippen LogP contribution >= 0.6 is 11.8 Å². The molecule has 2 aromatic heterocycles. The first kappa shape index (κ1) is 26.4. The van der Waals surface area contributed by atoms with Gasteiger partial charge in [-0.15, -0.1) is 11.8 Å². The maximum absolute atomic E-state index is 12.5. The molecule has 0 saturated carbocycles. The van der Waals surface area contributed by atoms with Gasteiger partial charge in [0.05, 0.1) is 23.8 Å². The van der Waals surface area contributed by atoms with Crippen molar-refractivity contribution >= 4 is 40.3 Å². The number of rotatable bonds is 4. The summed E-state index contributed by atoms with van der Waals surface area (Å²) in [6.45, 7) is 10.1. The van der Waals surface area contributed by atoms with E-state index < -0.39 is 5.41 Å². The number of hydrogen-bond acceptors (Lipinski definition) is 6. The van der Waals surface area contributed by atoms with E-state index >= 15 is 0 Å². The SMILES string of the molecule is CC1=CCC(c2cncc3c2CC=C(C2=CC(C)Nc4ccc(-c5cncc(NC(=O)C(C)(C)C)c5)cc42)N3)S1. The van der Waals surface area contributed by atoms with Crippen LogP contribution in [0.25, 0.3) is 16.7 Å². The van der Waals surface area contributed by atoms with Crippen LogP contribution in [0.3, 0.4) is 0 Å². The standard InChI is InChI=1S/C33H35N5OS/c1-19-12-25(29-10-8-24-27(17-35-18-30(24)38-29)31-11-6-20(2)40-31)26-14-21(7-9-28(26)36-19)22-13-23(16-34-15-22)37-32(39)33(3,4)5/h6-7,9-10,12-19,31,36,38H,8,11H2,1-5H3,(H,37,39). The number of fused-ring (bicyclic) bond motifs is 2. The molecule has 0 aliphatic carbocycles. The van der Waals surface area contributed by atoms with Crippen molar-refractivity contribution in [1.29, 1.82) is 0 Å². The van der Waals surface area contributed by atoms with Crippen LogP contribution in [0.4, 0.5) is 17.1 Å². The second-order valence-electron chi connectivity index (χ2n) is 11.8. The predicted molar refractivity (Wildman–Crippen MR) is 167 cm³/mol. The van der Waals surface area contributed by atoms with Crippen LogP contribution in [0, 0.1) is 5.41 Å². The van der Waals surface area contributed by atoms with Crippen LogP contribution in [-0.2, 0) is 11.2 Å². The average Bonchev–Trinajstić information content (AvgIpc) is 3.37. The van der Waals surface area contributed by atoms with Crippen molar-refractivity contribution in [2.75, 3.05) is 16.0 Å². The summed E-state index contributed by atoms with van der Waals surface area (Å²) in [5.74, 6) is -0.0357. The molecule has 40 heavy (non-hydrogen) atoms. The molecule has 0 spiro atoms. The van der Waals surface area contributed by atoms with Gasteiger partial charge in [0.2, 0.25) is 5.91 Å². The third kappa shape index (κ3) is 5.18. The van der Waals surface area contributed by atoms with Gasteiger partial charge in [-0.05, 0) is 66.5 Å². The monoisotopic (exact) mass is 549 g/mol. The maximum Gasteiger partial charge on any atom is 0.229 e. The molecule has 5 heterocycles. The van der Waals surface area contributed by atoms with Crippen molar-refractivity contribution in [1.82, 2.24) is 9.97 Å². The number of carbonyl (C=O) groups excluding carboxylic acids is 1. The molecule has 0 fully saturated rings. The van der Waals surface area contributed by atoms with Crippen molar-refractivity contribution < 1.29 is 4.79 Å². The largest absolute Gasteiger partial charge is 0.379 e. The molecule has 2 atom stereocenters.